The van der Waals surface area contributed by atoms with Gasteiger partial charge in [0.25, 0.3) is 24.1 Å². The van der Waals surface area contributed by atoms with Crippen LogP contribution in [0, 0.1) is 0 Å². The van der Waals surface area contributed by atoms with Gasteiger partial charge in [-0.25, -0.2) is 18.3 Å². The van der Waals surface area contributed by atoms with Crippen molar-refractivity contribution in [2.24, 2.45) is 0 Å². The summed E-state index contributed by atoms with van der Waals surface area (Å²) in [4.78, 5) is 73.8. The third kappa shape index (κ3) is 8.98. The molecule has 3 N–H and O–H groups in total. The number of fused-ring (bicyclic) bond motifs is 2. The van der Waals surface area contributed by atoms with Gasteiger partial charge in [-0.2, -0.15) is 10.2 Å². The van der Waals surface area contributed by atoms with Crippen LogP contribution in [0.25, 0.3) is 5.65 Å². The summed E-state index contributed by atoms with van der Waals surface area (Å²) >= 11 is 0. The summed E-state index contributed by atoms with van der Waals surface area (Å²) in [5, 5.41) is 16.4. The van der Waals surface area contributed by atoms with Gasteiger partial charge in [0.2, 0.25) is 11.8 Å². The number of aromatic nitrogens is 5. The molecular formula is C41H47F2N11O9. The number of alkyl halides is 2. The lowest BCUT2D eigenvalue weighted by Crippen LogP contribution is -2.54. The molecule has 0 aliphatic carbocycles. The van der Waals surface area contributed by atoms with Crippen molar-refractivity contribution in [3.8, 4) is 0 Å². The Bertz CT molecular complexity index is 2370. The van der Waals surface area contributed by atoms with Gasteiger partial charge in [0.1, 0.15) is 17.4 Å². The van der Waals surface area contributed by atoms with Gasteiger partial charge < -0.3 is 34.5 Å². The number of likely N-dealkylation sites (tertiary alicyclic amines) is 1. The van der Waals surface area contributed by atoms with Crippen molar-refractivity contribution in [2.75, 3.05) is 87.8 Å². The van der Waals surface area contributed by atoms with Crippen molar-refractivity contribution in [3.63, 3.8) is 0 Å². The van der Waals surface area contributed by atoms with E-state index in [1.807, 2.05) is 4.90 Å². The maximum absolute atomic E-state index is 14.2. The van der Waals surface area contributed by atoms with E-state index >= 15 is 0 Å². The fourth-order valence-electron chi connectivity index (χ4n) is 8.50. The van der Waals surface area contributed by atoms with Crippen molar-refractivity contribution in [2.45, 2.75) is 63.0 Å². The number of amides is 5. The van der Waals surface area contributed by atoms with Crippen LogP contribution in [0.4, 0.5) is 26.0 Å². The Kier molecular flexibility index (Phi) is 12.4. The fraction of sp³-hybridized carbons (Fsp3) is 0.512. The van der Waals surface area contributed by atoms with Crippen molar-refractivity contribution in [3.05, 3.63) is 65.2 Å². The lowest BCUT2D eigenvalue weighted by Gasteiger charge is -2.36. The van der Waals surface area contributed by atoms with Gasteiger partial charge >= 0.3 is 0 Å². The van der Waals surface area contributed by atoms with Gasteiger partial charge in [0, 0.05) is 70.4 Å². The van der Waals surface area contributed by atoms with E-state index in [0.29, 0.717) is 69.6 Å². The number of benzene rings is 1. The van der Waals surface area contributed by atoms with Gasteiger partial charge in [0.15, 0.2) is 17.6 Å². The van der Waals surface area contributed by atoms with Gasteiger partial charge in [0.05, 0.1) is 61.6 Å². The van der Waals surface area contributed by atoms with Crippen LogP contribution in [0.2, 0.25) is 0 Å². The first-order valence-electron chi connectivity index (χ1n) is 21.1. The van der Waals surface area contributed by atoms with Crippen LogP contribution in [-0.2, 0) is 28.5 Å². The molecule has 63 heavy (non-hydrogen) atoms. The summed E-state index contributed by atoms with van der Waals surface area (Å²) in [5.41, 5.74) is 0.660. The molecular weight excluding hydrogens is 829 g/mol. The summed E-state index contributed by atoms with van der Waals surface area (Å²) in [7, 11) is 0. The molecule has 1 unspecified atom stereocenters. The van der Waals surface area contributed by atoms with Gasteiger partial charge in [-0.05, 0) is 43.9 Å². The number of ether oxygens (including phenoxy) is 4. The quantitative estimate of drug-likeness (QED) is 0.122. The maximum Gasteiger partial charge on any atom is 0.284 e. The number of anilines is 3. The molecule has 8 heterocycles. The SMILES string of the molecule is O=C1CCC(N2C(=O)c3cccc(NCCCOC4CCN(CC5OCC(n6cc(NC(=O)c7cnn8ccc(N9CCOCC9)nc78)c(C(F)F)n6)CO5)CC4)c3C2=O)C(=O)N1. The molecule has 5 aliphatic heterocycles. The first kappa shape index (κ1) is 42.4. The van der Waals surface area contributed by atoms with E-state index in [-0.39, 0.29) is 54.5 Å². The lowest BCUT2D eigenvalue weighted by molar-refractivity contribution is -0.206. The Balaban J connectivity index is 0.702. The minimum absolute atomic E-state index is 0.0524. The number of hydrogen-bond donors (Lipinski definition) is 3. The predicted octanol–water partition coefficient (Wildman–Crippen LogP) is 2.25. The second kappa shape index (κ2) is 18.4. The molecule has 4 aromatic rings. The zero-order chi connectivity index (χ0) is 43.6. The third-order valence-electron chi connectivity index (χ3n) is 11.9. The third-order valence-corrected chi connectivity index (χ3v) is 11.9. The summed E-state index contributed by atoms with van der Waals surface area (Å²) in [6.07, 6.45) is 3.41. The van der Waals surface area contributed by atoms with E-state index in [2.05, 4.69) is 36.0 Å². The number of halogens is 2. The van der Waals surface area contributed by atoms with Crippen LogP contribution in [-0.4, -0.2) is 154 Å². The lowest BCUT2D eigenvalue weighted by atomic mass is 10.0. The second-order valence-corrected chi connectivity index (χ2v) is 16.0. The maximum atomic E-state index is 14.2. The molecule has 0 bridgehead atoms. The van der Waals surface area contributed by atoms with Crippen LogP contribution in [0.15, 0.2) is 42.9 Å². The highest BCUT2D eigenvalue weighted by atomic mass is 19.3. The highest BCUT2D eigenvalue weighted by Gasteiger charge is 2.45. The number of carbonyl (C=O) groups is 5. The van der Waals surface area contributed by atoms with E-state index in [1.165, 1.54) is 21.6 Å². The van der Waals surface area contributed by atoms with Crippen LogP contribution in [0.5, 0.6) is 0 Å². The number of piperidine rings is 2. The molecule has 0 spiro atoms. The number of hydrogen-bond acceptors (Lipinski definition) is 15. The van der Waals surface area contributed by atoms with Gasteiger partial charge in [-0.3, -0.25) is 43.8 Å². The highest BCUT2D eigenvalue weighted by molar-refractivity contribution is 6.25. The molecule has 3 aromatic heterocycles. The average Bonchev–Trinajstić information content (AvgIpc) is 3.99. The zero-order valence-corrected chi connectivity index (χ0v) is 34.2. The first-order valence-corrected chi connectivity index (χ1v) is 21.1. The van der Waals surface area contributed by atoms with Gasteiger partial charge in [-0.1, -0.05) is 6.07 Å². The number of nitrogens with one attached hydrogen (secondary N) is 3. The van der Waals surface area contributed by atoms with Crippen molar-refractivity contribution < 1.29 is 51.7 Å². The van der Waals surface area contributed by atoms with E-state index in [9.17, 15) is 32.8 Å². The topological polar surface area (TPSA) is 216 Å². The van der Waals surface area contributed by atoms with Crippen LogP contribution >= 0.6 is 0 Å². The molecule has 22 heteroatoms. The second-order valence-electron chi connectivity index (χ2n) is 16.0. The Labute approximate surface area is 359 Å². The number of nitrogens with zero attached hydrogens (tertiary/aromatic N) is 8. The fourth-order valence-corrected chi connectivity index (χ4v) is 8.50. The molecule has 5 amide bonds. The summed E-state index contributed by atoms with van der Waals surface area (Å²) in [6, 6.07) is 5.24. The molecule has 4 fully saturated rings. The molecule has 5 aliphatic rings. The zero-order valence-electron chi connectivity index (χ0n) is 34.2. The van der Waals surface area contributed by atoms with E-state index in [0.717, 1.165) is 30.8 Å². The van der Waals surface area contributed by atoms with Crippen molar-refractivity contribution in [1.82, 2.24) is 39.5 Å². The summed E-state index contributed by atoms with van der Waals surface area (Å²) in [5.74, 6) is -2.17. The van der Waals surface area contributed by atoms with Gasteiger partial charge in [-0.15, -0.1) is 0 Å². The smallest absolute Gasteiger partial charge is 0.284 e. The molecule has 1 aromatic carbocycles. The van der Waals surface area contributed by atoms with Crippen LogP contribution < -0.4 is 20.9 Å². The Morgan fingerprint density at radius 3 is 2.54 bits per heavy atom. The van der Waals surface area contributed by atoms with E-state index in [4.69, 9.17) is 18.9 Å². The Morgan fingerprint density at radius 1 is 0.984 bits per heavy atom. The summed E-state index contributed by atoms with van der Waals surface area (Å²) in [6.45, 7) is 5.80. The first-order chi connectivity index (χ1) is 30.6. The monoisotopic (exact) mass is 875 g/mol. The van der Waals surface area contributed by atoms with Crippen molar-refractivity contribution >= 4 is 52.4 Å². The van der Waals surface area contributed by atoms with Crippen LogP contribution in [0.1, 0.15) is 81.3 Å². The van der Waals surface area contributed by atoms with Crippen LogP contribution in [0.3, 0.4) is 0 Å². The minimum atomic E-state index is -2.95. The number of carbonyl (C=O) groups excluding carboxylic acids is 5. The number of rotatable bonds is 14. The molecule has 0 radical (unpaired) electrons. The minimum Gasteiger partial charge on any atom is -0.384 e. The number of imide groups is 2. The molecule has 4 saturated heterocycles. The highest BCUT2D eigenvalue weighted by Crippen LogP contribution is 2.33. The molecule has 9 rings (SSSR count). The Morgan fingerprint density at radius 2 is 1.78 bits per heavy atom. The molecule has 1 atom stereocenters. The number of morpholine rings is 1. The molecule has 334 valence electrons. The predicted molar refractivity (Wildman–Crippen MR) is 218 cm³/mol. The Hall–Kier alpha value is -5.94. The largest absolute Gasteiger partial charge is 0.384 e. The van der Waals surface area contributed by atoms with E-state index in [1.54, 1.807) is 30.5 Å². The molecule has 0 saturated carbocycles. The average molecular weight is 876 g/mol. The normalized spacial score (nSPS) is 22.6. The van der Waals surface area contributed by atoms with Crippen molar-refractivity contribution in [1.29, 1.82) is 0 Å². The van der Waals surface area contributed by atoms with E-state index < -0.39 is 60.0 Å². The molecule has 20 nitrogen and oxygen atoms in total. The standard InChI is InChI=1S/C41H47F2N11O9/c42-36(43)35-29(46-38(56)27-19-45-52-13-9-31(47-37(27)52)51-14-17-60-18-15-51)20-53(49-35)24-22-62-33(63-23-24)21-50-11-7-25(8-12-50)61-16-2-10-44-28-4-1-3-26-34(28)41(59)54(40(26)58)30-5-6-32(55)48-39(30)57/h1,3-4,9,13,19-20,24-25,30,33,36,44H,2,5-8,10-12,14-18,21-23H2,(H,46,56)(H,48,55,57). The summed E-state index contributed by atoms with van der Waals surface area (Å²) < 4.78 is 54.8.